The molecule has 4 heteroatoms. The first-order valence-corrected chi connectivity index (χ1v) is 3.38. The van der Waals surface area contributed by atoms with Crippen molar-refractivity contribution in [2.45, 2.75) is 0 Å². The molecule has 0 aliphatic heterocycles. The molecule has 0 aliphatic rings. The van der Waals surface area contributed by atoms with Crippen LogP contribution < -0.4 is 11.5 Å². The highest BCUT2D eigenvalue weighted by atomic mass is 35.5. The highest BCUT2D eigenvalue weighted by Gasteiger charge is 2.01. The van der Waals surface area contributed by atoms with Gasteiger partial charge in [-0.15, -0.1) is 0 Å². The average Bonchev–Trinajstić information content (AvgIpc) is 1.85. The molecule has 3 nitrogen and oxygen atoms in total. The second-order valence-electron chi connectivity index (χ2n) is 2.16. The maximum absolute atomic E-state index is 7.09. The number of nitrogen functional groups attached to an aromatic ring is 2. The van der Waals surface area contributed by atoms with Gasteiger partial charge in [-0.25, -0.2) is 0 Å². The summed E-state index contributed by atoms with van der Waals surface area (Å²) < 4.78 is 0. The molecular formula is C7H8ClN3. The van der Waals surface area contributed by atoms with Gasteiger partial charge >= 0.3 is 0 Å². The van der Waals surface area contributed by atoms with Crippen LogP contribution in [0.25, 0.3) is 0 Å². The molecule has 1 aromatic rings. The van der Waals surface area contributed by atoms with Crippen molar-refractivity contribution in [1.29, 1.82) is 5.41 Å². The molecule has 0 saturated heterocycles. The minimum Gasteiger partial charge on any atom is -0.399 e. The number of nitrogens with one attached hydrogen (secondary N) is 1. The Hall–Kier alpha value is -1.22. The molecular weight excluding hydrogens is 162 g/mol. The first kappa shape index (κ1) is 7.88. The third-order valence-electron chi connectivity index (χ3n) is 1.31. The van der Waals surface area contributed by atoms with E-state index in [1.54, 1.807) is 18.2 Å². The second kappa shape index (κ2) is 2.80. The number of benzene rings is 1. The van der Waals surface area contributed by atoms with Gasteiger partial charge in [-0.05, 0) is 18.2 Å². The largest absolute Gasteiger partial charge is 0.399 e. The molecule has 0 spiro atoms. The number of rotatable bonds is 1. The van der Waals surface area contributed by atoms with Gasteiger partial charge in [-0.3, -0.25) is 5.41 Å². The van der Waals surface area contributed by atoms with E-state index in [1.807, 2.05) is 0 Å². The quantitative estimate of drug-likeness (QED) is 0.439. The fourth-order valence-corrected chi connectivity index (χ4v) is 0.953. The molecule has 0 heterocycles. The zero-order valence-corrected chi connectivity index (χ0v) is 6.52. The van der Waals surface area contributed by atoms with Crippen molar-refractivity contribution in [3.63, 3.8) is 0 Å². The van der Waals surface area contributed by atoms with Gasteiger partial charge in [0.05, 0.1) is 0 Å². The number of nitrogens with two attached hydrogens (primary N) is 2. The maximum Gasteiger partial charge on any atom is 0.130 e. The van der Waals surface area contributed by atoms with Crippen LogP contribution in [-0.2, 0) is 0 Å². The van der Waals surface area contributed by atoms with Gasteiger partial charge in [0.2, 0.25) is 0 Å². The summed E-state index contributed by atoms with van der Waals surface area (Å²) in [6, 6.07) is 4.86. The van der Waals surface area contributed by atoms with E-state index < -0.39 is 0 Å². The Morgan fingerprint density at radius 2 is 2.00 bits per heavy atom. The standard InChI is InChI=1S/C7H8ClN3/c8-7(11)5-2-1-4(9)3-6(5)10/h1-3,11H,9-10H2. The summed E-state index contributed by atoms with van der Waals surface area (Å²) in [6.45, 7) is 0. The van der Waals surface area contributed by atoms with E-state index in [1.165, 1.54) is 0 Å². The number of anilines is 2. The third kappa shape index (κ3) is 1.62. The molecule has 5 N–H and O–H groups in total. The van der Waals surface area contributed by atoms with E-state index in [4.69, 9.17) is 28.5 Å². The lowest BCUT2D eigenvalue weighted by Gasteiger charge is -2.01. The molecule has 0 atom stereocenters. The number of halogens is 1. The fraction of sp³-hybridized carbons (Fsp3) is 0. The van der Waals surface area contributed by atoms with Gasteiger partial charge in [-0.1, -0.05) is 11.6 Å². The zero-order chi connectivity index (χ0) is 8.43. The SMILES string of the molecule is N=C(Cl)c1ccc(N)cc1N. The lowest BCUT2D eigenvalue weighted by molar-refractivity contribution is 1.52. The lowest BCUT2D eigenvalue weighted by atomic mass is 10.2. The highest BCUT2D eigenvalue weighted by Crippen LogP contribution is 2.16. The summed E-state index contributed by atoms with van der Waals surface area (Å²) in [5.74, 6) is 0. The van der Waals surface area contributed by atoms with E-state index in [0.717, 1.165) is 0 Å². The Labute approximate surface area is 69.5 Å². The maximum atomic E-state index is 7.09. The van der Waals surface area contributed by atoms with E-state index in [9.17, 15) is 0 Å². The van der Waals surface area contributed by atoms with Crippen LogP contribution in [0.4, 0.5) is 11.4 Å². The third-order valence-corrected chi connectivity index (χ3v) is 1.52. The van der Waals surface area contributed by atoms with Crippen LogP contribution in [0.1, 0.15) is 5.56 Å². The summed E-state index contributed by atoms with van der Waals surface area (Å²) in [5, 5.41) is 7.02. The first-order chi connectivity index (χ1) is 5.11. The zero-order valence-electron chi connectivity index (χ0n) is 5.76. The van der Waals surface area contributed by atoms with E-state index in [-0.39, 0.29) is 5.17 Å². The molecule has 0 saturated carbocycles. The summed E-state index contributed by atoms with van der Waals surface area (Å²) in [7, 11) is 0. The van der Waals surface area contributed by atoms with E-state index >= 15 is 0 Å². The van der Waals surface area contributed by atoms with Crippen molar-refractivity contribution in [3.8, 4) is 0 Å². The monoisotopic (exact) mass is 169 g/mol. The predicted molar refractivity (Wildman–Crippen MR) is 47.9 cm³/mol. The molecule has 0 radical (unpaired) electrons. The molecule has 1 rings (SSSR count). The Bertz CT molecular complexity index is 296. The van der Waals surface area contributed by atoms with Crippen molar-refractivity contribution in [2.75, 3.05) is 11.5 Å². The Balaban J connectivity index is 3.20. The fourth-order valence-electron chi connectivity index (χ4n) is 0.781. The molecule has 1 aromatic carbocycles. The van der Waals surface area contributed by atoms with Crippen LogP contribution in [0.3, 0.4) is 0 Å². The van der Waals surface area contributed by atoms with Gasteiger partial charge in [0.1, 0.15) is 5.17 Å². The van der Waals surface area contributed by atoms with Gasteiger partial charge in [0.15, 0.2) is 0 Å². The molecule has 0 aromatic heterocycles. The molecule has 58 valence electrons. The smallest absolute Gasteiger partial charge is 0.130 e. The van der Waals surface area contributed by atoms with E-state index in [2.05, 4.69) is 0 Å². The second-order valence-corrected chi connectivity index (χ2v) is 2.54. The first-order valence-electron chi connectivity index (χ1n) is 3.00. The molecule has 0 aliphatic carbocycles. The summed E-state index contributed by atoms with van der Waals surface area (Å²) in [6.07, 6.45) is 0. The summed E-state index contributed by atoms with van der Waals surface area (Å²) in [5.41, 5.74) is 12.5. The summed E-state index contributed by atoms with van der Waals surface area (Å²) >= 11 is 5.42. The Kier molecular flexibility index (Phi) is 2.01. The van der Waals surface area contributed by atoms with Gasteiger partial charge in [0, 0.05) is 16.9 Å². The Morgan fingerprint density at radius 1 is 1.36 bits per heavy atom. The van der Waals surface area contributed by atoms with Gasteiger partial charge < -0.3 is 11.5 Å². The number of hydrogen-bond donors (Lipinski definition) is 3. The Morgan fingerprint density at radius 3 is 2.45 bits per heavy atom. The van der Waals surface area contributed by atoms with Crippen LogP contribution >= 0.6 is 11.6 Å². The molecule has 0 unspecified atom stereocenters. The van der Waals surface area contributed by atoms with Crippen molar-refractivity contribution in [2.24, 2.45) is 0 Å². The minimum absolute atomic E-state index is 0.0671. The summed E-state index contributed by atoms with van der Waals surface area (Å²) in [4.78, 5) is 0. The van der Waals surface area contributed by atoms with Crippen LogP contribution in [0.2, 0.25) is 0 Å². The molecule has 0 bridgehead atoms. The average molecular weight is 170 g/mol. The van der Waals surface area contributed by atoms with Crippen molar-refractivity contribution in [3.05, 3.63) is 23.8 Å². The predicted octanol–water partition coefficient (Wildman–Crippen LogP) is 1.42. The van der Waals surface area contributed by atoms with Crippen molar-refractivity contribution >= 4 is 28.1 Å². The van der Waals surface area contributed by atoms with Gasteiger partial charge in [-0.2, -0.15) is 0 Å². The van der Waals surface area contributed by atoms with E-state index in [0.29, 0.717) is 16.9 Å². The number of hydrogen-bond acceptors (Lipinski definition) is 3. The van der Waals surface area contributed by atoms with Crippen molar-refractivity contribution < 1.29 is 0 Å². The lowest BCUT2D eigenvalue weighted by Crippen LogP contribution is -1.98. The topological polar surface area (TPSA) is 75.9 Å². The van der Waals surface area contributed by atoms with Crippen molar-refractivity contribution in [1.82, 2.24) is 0 Å². The highest BCUT2D eigenvalue weighted by molar-refractivity contribution is 6.69. The molecule has 0 amide bonds. The van der Waals surface area contributed by atoms with Gasteiger partial charge in [0.25, 0.3) is 0 Å². The minimum atomic E-state index is -0.0671. The van der Waals surface area contributed by atoms with Crippen LogP contribution in [0.5, 0.6) is 0 Å². The molecule has 0 fully saturated rings. The van der Waals surface area contributed by atoms with Crippen LogP contribution in [0.15, 0.2) is 18.2 Å². The van der Waals surface area contributed by atoms with Crippen LogP contribution in [-0.4, -0.2) is 5.17 Å². The normalized spacial score (nSPS) is 9.55. The van der Waals surface area contributed by atoms with Crippen LogP contribution in [0, 0.1) is 5.41 Å². The molecule has 11 heavy (non-hydrogen) atoms.